The van der Waals surface area contributed by atoms with Gasteiger partial charge in [-0.1, -0.05) is 24.3 Å². The standard InChI is InChI=1S/C19H19N3O5S/c23-18(21-20-13-15-6-1-2-9-17(15)19(24)25)14-7-5-8-16(12-14)28(26,27)22-10-3-4-11-22/h1-2,5-9,12-13H,3-4,10-11H2,(H,21,23)(H,24,25)/b20-13-. The van der Waals surface area contributed by atoms with E-state index >= 15 is 0 Å². The first-order chi connectivity index (χ1) is 13.4. The van der Waals surface area contributed by atoms with Crippen molar-refractivity contribution in [2.45, 2.75) is 17.7 Å². The van der Waals surface area contributed by atoms with Crippen LogP contribution in [0.1, 0.15) is 39.1 Å². The molecular formula is C19H19N3O5S. The van der Waals surface area contributed by atoms with E-state index in [1.807, 2.05) is 0 Å². The molecule has 0 bridgehead atoms. The number of aromatic carboxylic acids is 1. The van der Waals surface area contributed by atoms with Gasteiger partial charge in [0.15, 0.2) is 0 Å². The van der Waals surface area contributed by atoms with Crippen LogP contribution in [0.3, 0.4) is 0 Å². The number of sulfonamides is 1. The van der Waals surface area contributed by atoms with E-state index in [1.54, 1.807) is 18.2 Å². The van der Waals surface area contributed by atoms with Crippen LogP contribution in [-0.4, -0.2) is 49.0 Å². The molecule has 0 aliphatic carbocycles. The highest BCUT2D eigenvalue weighted by molar-refractivity contribution is 7.89. The lowest BCUT2D eigenvalue weighted by Crippen LogP contribution is -2.28. The summed E-state index contributed by atoms with van der Waals surface area (Å²) in [6.07, 6.45) is 2.88. The summed E-state index contributed by atoms with van der Waals surface area (Å²) in [5.74, 6) is -1.70. The van der Waals surface area contributed by atoms with E-state index in [-0.39, 0.29) is 16.0 Å². The van der Waals surface area contributed by atoms with Crippen molar-refractivity contribution >= 4 is 28.1 Å². The molecule has 0 spiro atoms. The Kier molecular flexibility index (Phi) is 5.86. The van der Waals surface area contributed by atoms with Gasteiger partial charge in [0.25, 0.3) is 5.91 Å². The quantitative estimate of drug-likeness (QED) is 0.567. The van der Waals surface area contributed by atoms with Crippen molar-refractivity contribution < 1.29 is 23.1 Å². The lowest BCUT2D eigenvalue weighted by Gasteiger charge is -2.15. The minimum atomic E-state index is -3.62. The molecule has 1 aliphatic heterocycles. The number of hydrogen-bond donors (Lipinski definition) is 2. The molecule has 28 heavy (non-hydrogen) atoms. The molecule has 1 aliphatic rings. The van der Waals surface area contributed by atoms with Crippen molar-refractivity contribution in [2.75, 3.05) is 13.1 Å². The summed E-state index contributed by atoms with van der Waals surface area (Å²) in [6.45, 7) is 0.956. The average Bonchev–Trinajstić information content (AvgIpc) is 3.24. The smallest absolute Gasteiger partial charge is 0.336 e. The van der Waals surface area contributed by atoms with Crippen LogP contribution in [0.25, 0.3) is 0 Å². The predicted octanol–water partition coefficient (Wildman–Crippen LogP) is 1.93. The largest absolute Gasteiger partial charge is 0.478 e. The van der Waals surface area contributed by atoms with Gasteiger partial charge in [-0.3, -0.25) is 4.79 Å². The predicted molar refractivity (Wildman–Crippen MR) is 103 cm³/mol. The van der Waals surface area contributed by atoms with Gasteiger partial charge in [0.1, 0.15) is 0 Å². The van der Waals surface area contributed by atoms with Gasteiger partial charge >= 0.3 is 5.97 Å². The fraction of sp³-hybridized carbons (Fsp3) is 0.211. The Balaban J connectivity index is 1.74. The number of nitrogens with zero attached hydrogens (tertiary/aromatic N) is 2. The number of rotatable bonds is 6. The Labute approximate surface area is 162 Å². The van der Waals surface area contributed by atoms with Crippen molar-refractivity contribution in [1.29, 1.82) is 0 Å². The first kappa shape index (κ1) is 19.7. The molecule has 3 rings (SSSR count). The van der Waals surface area contributed by atoms with Crippen molar-refractivity contribution in [3.63, 3.8) is 0 Å². The summed E-state index contributed by atoms with van der Waals surface area (Å²) in [7, 11) is -3.62. The van der Waals surface area contributed by atoms with Crippen LogP contribution in [0.2, 0.25) is 0 Å². The van der Waals surface area contributed by atoms with Crippen LogP contribution in [-0.2, 0) is 10.0 Å². The first-order valence-electron chi connectivity index (χ1n) is 8.65. The number of nitrogens with one attached hydrogen (secondary N) is 1. The van der Waals surface area contributed by atoms with E-state index in [0.29, 0.717) is 18.7 Å². The van der Waals surface area contributed by atoms with E-state index in [0.717, 1.165) is 12.8 Å². The van der Waals surface area contributed by atoms with Gasteiger partial charge in [0.05, 0.1) is 16.7 Å². The van der Waals surface area contributed by atoms with Crippen LogP contribution in [0, 0.1) is 0 Å². The van der Waals surface area contributed by atoms with E-state index in [2.05, 4.69) is 10.5 Å². The zero-order valence-corrected chi connectivity index (χ0v) is 15.7. The molecular weight excluding hydrogens is 382 g/mol. The number of carbonyl (C=O) groups is 2. The zero-order valence-electron chi connectivity index (χ0n) is 14.9. The molecule has 1 saturated heterocycles. The molecule has 0 unspecified atom stereocenters. The average molecular weight is 401 g/mol. The normalized spacial score (nSPS) is 15.0. The fourth-order valence-electron chi connectivity index (χ4n) is 2.90. The molecule has 0 saturated carbocycles. The Morgan fingerprint density at radius 1 is 1.07 bits per heavy atom. The summed E-state index contributed by atoms with van der Waals surface area (Å²) < 4.78 is 26.6. The molecule has 146 valence electrons. The third-order valence-electron chi connectivity index (χ3n) is 4.36. The molecule has 8 nitrogen and oxygen atoms in total. The third kappa shape index (κ3) is 4.26. The Bertz CT molecular complexity index is 1030. The van der Waals surface area contributed by atoms with Gasteiger partial charge < -0.3 is 5.11 Å². The Morgan fingerprint density at radius 2 is 1.79 bits per heavy atom. The molecule has 1 heterocycles. The number of benzene rings is 2. The SMILES string of the molecule is O=C(N/N=C\c1ccccc1C(=O)O)c1cccc(S(=O)(=O)N2CCCC2)c1. The fourth-order valence-corrected chi connectivity index (χ4v) is 4.47. The maximum Gasteiger partial charge on any atom is 0.336 e. The molecule has 0 radical (unpaired) electrons. The van der Waals surface area contributed by atoms with Crippen LogP contribution >= 0.6 is 0 Å². The summed E-state index contributed by atoms with van der Waals surface area (Å²) in [5, 5.41) is 12.9. The number of carboxylic acids is 1. The van der Waals surface area contributed by atoms with Crippen LogP contribution in [0.5, 0.6) is 0 Å². The van der Waals surface area contributed by atoms with Gasteiger partial charge in [-0.2, -0.15) is 9.41 Å². The molecule has 2 N–H and O–H groups in total. The number of carboxylic acid groups (broad SMARTS) is 1. The Hall–Kier alpha value is -3.04. The van der Waals surface area contributed by atoms with Crippen molar-refractivity contribution in [3.8, 4) is 0 Å². The summed E-state index contributed by atoms with van der Waals surface area (Å²) in [6, 6.07) is 12.0. The maximum absolute atomic E-state index is 12.6. The third-order valence-corrected chi connectivity index (χ3v) is 6.25. The molecule has 9 heteroatoms. The molecule has 2 aromatic carbocycles. The van der Waals surface area contributed by atoms with E-state index in [1.165, 1.54) is 40.9 Å². The molecule has 2 aromatic rings. The summed E-state index contributed by atoms with van der Waals surface area (Å²) >= 11 is 0. The van der Waals surface area contributed by atoms with Gasteiger partial charge in [-0.05, 0) is 37.1 Å². The summed E-state index contributed by atoms with van der Waals surface area (Å²) in [4.78, 5) is 23.5. The van der Waals surface area contributed by atoms with Gasteiger partial charge in [-0.15, -0.1) is 0 Å². The second-order valence-corrected chi connectivity index (χ2v) is 8.17. The number of carbonyl (C=O) groups excluding carboxylic acids is 1. The topological polar surface area (TPSA) is 116 Å². The second kappa shape index (κ2) is 8.32. The maximum atomic E-state index is 12.6. The second-order valence-electron chi connectivity index (χ2n) is 6.23. The minimum Gasteiger partial charge on any atom is -0.478 e. The monoisotopic (exact) mass is 401 g/mol. The highest BCUT2D eigenvalue weighted by atomic mass is 32.2. The number of hydrazone groups is 1. The van der Waals surface area contributed by atoms with Crippen molar-refractivity contribution in [1.82, 2.24) is 9.73 Å². The van der Waals surface area contributed by atoms with E-state index in [4.69, 9.17) is 5.11 Å². The molecule has 0 atom stereocenters. The Morgan fingerprint density at radius 3 is 2.50 bits per heavy atom. The van der Waals surface area contributed by atoms with Gasteiger partial charge in [0, 0.05) is 24.2 Å². The zero-order chi connectivity index (χ0) is 20.1. The van der Waals surface area contributed by atoms with E-state index < -0.39 is 21.9 Å². The lowest BCUT2D eigenvalue weighted by atomic mass is 10.1. The highest BCUT2D eigenvalue weighted by Gasteiger charge is 2.27. The molecule has 1 amide bonds. The number of amides is 1. The molecule has 1 fully saturated rings. The minimum absolute atomic E-state index is 0.0548. The van der Waals surface area contributed by atoms with Gasteiger partial charge in [0.2, 0.25) is 10.0 Å². The summed E-state index contributed by atoms with van der Waals surface area (Å²) in [5.41, 5.74) is 2.82. The first-order valence-corrected chi connectivity index (χ1v) is 10.1. The van der Waals surface area contributed by atoms with Crippen LogP contribution < -0.4 is 5.43 Å². The highest BCUT2D eigenvalue weighted by Crippen LogP contribution is 2.21. The lowest BCUT2D eigenvalue weighted by molar-refractivity contribution is 0.0696. The van der Waals surface area contributed by atoms with E-state index in [9.17, 15) is 18.0 Å². The van der Waals surface area contributed by atoms with Crippen LogP contribution in [0.4, 0.5) is 0 Å². The van der Waals surface area contributed by atoms with Crippen LogP contribution in [0.15, 0.2) is 58.5 Å². The van der Waals surface area contributed by atoms with Crippen molar-refractivity contribution in [2.24, 2.45) is 5.10 Å². The van der Waals surface area contributed by atoms with Gasteiger partial charge in [-0.25, -0.2) is 18.6 Å². The number of hydrogen-bond acceptors (Lipinski definition) is 5. The molecule has 0 aromatic heterocycles. The van der Waals surface area contributed by atoms with Crippen molar-refractivity contribution in [3.05, 3.63) is 65.2 Å².